The van der Waals surface area contributed by atoms with Crippen LogP contribution in [0.1, 0.15) is 5.56 Å². The molecule has 0 bridgehead atoms. The average molecular weight is 280 g/mol. The van der Waals surface area contributed by atoms with E-state index in [1.54, 1.807) is 11.8 Å². The molecule has 104 valence electrons. The number of quaternary nitrogens is 1. The van der Waals surface area contributed by atoms with Gasteiger partial charge in [-0.3, -0.25) is 10.2 Å². The van der Waals surface area contributed by atoms with E-state index in [0.717, 1.165) is 26.2 Å². The van der Waals surface area contributed by atoms with Crippen molar-refractivity contribution in [3.63, 3.8) is 0 Å². The van der Waals surface area contributed by atoms with E-state index in [1.165, 1.54) is 15.4 Å². The fourth-order valence-corrected chi connectivity index (χ4v) is 2.89. The second kappa shape index (κ2) is 6.93. The lowest BCUT2D eigenvalue weighted by atomic mass is 10.2. The molecule has 1 amide bonds. The Labute approximate surface area is 119 Å². The summed E-state index contributed by atoms with van der Waals surface area (Å²) in [6.07, 6.45) is 0. The van der Waals surface area contributed by atoms with Crippen molar-refractivity contribution in [2.24, 2.45) is 0 Å². The molecule has 0 radical (unpaired) electrons. The van der Waals surface area contributed by atoms with Crippen molar-refractivity contribution in [3.05, 3.63) is 29.8 Å². The second-order valence-corrected chi connectivity index (χ2v) is 6.05. The summed E-state index contributed by atoms with van der Waals surface area (Å²) < 4.78 is 0. The zero-order valence-corrected chi connectivity index (χ0v) is 12.4. The molecule has 1 aromatic carbocycles. The molecule has 0 atom stereocenters. The van der Waals surface area contributed by atoms with Crippen LogP contribution in [-0.2, 0) is 4.79 Å². The number of likely N-dealkylation sites (N-methyl/N-ethyl adjacent to an activating group) is 1. The number of rotatable bonds is 4. The van der Waals surface area contributed by atoms with Crippen LogP contribution in [0.25, 0.3) is 0 Å². The number of hydrogen-bond donors (Lipinski definition) is 2. The molecule has 1 aromatic rings. The third kappa shape index (κ3) is 4.53. The first-order chi connectivity index (χ1) is 9.15. The highest BCUT2D eigenvalue weighted by Crippen LogP contribution is 2.21. The summed E-state index contributed by atoms with van der Waals surface area (Å²) in [4.78, 5) is 14.6. The first-order valence-corrected chi connectivity index (χ1v) is 7.68. The molecule has 2 rings (SSSR count). The van der Waals surface area contributed by atoms with E-state index in [4.69, 9.17) is 0 Å². The smallest absolute Gasteiger partial charge is 0.244 e. The van der Waals surface area contributed by atoms with Crippen molar-refractivity contribution in [1.82, 2.24) is 10.4 Å². The Kier molecular flexibility index (Phi) is 5.24. The topological polar surface area (TPSA) is 36.8 Å². The van der Waals surface area contributed by atoms with Gasteiger partial charge in [0.15, 0.2) is 0 Å². The van der Waals surface area contributed by atoms with Gasteiger partial charge in [-0.25, -0.2) is 5.01 Å². The van der Waals surface area contributed by atoms with Crippen molar-refractivity contribution in [2.45, 2.75) is 11.8 Å². The summed E-state index contributed by atoms with van der Waals surface area (Å²) in [6, 6.07) is 8.17. The molecule has 0 aromatic heterocycles. The first-order valence-electron chi connectivity index (χ1n) is 6.69. The van der Waals surface area contributed by atoms with E-state index in [1.807, 2.05) is 17.1 Å². The number of carbonyl (C=O) groups excluding carboxylic acids is 1. The van der Waals surface area contributed by atoms with E-state index in [2.05, 4.69) is 31.5 Å². The van der Waals surface area contributed by atoms with Gasteiger partial charge in [0.2, 0.25) is 5.91 Å². The fourth-order valence-electron chi connectivity index (χ4n) is 2.07. The van der Waals surface area contributed by atoms with Crippen molar-refractivity contribution < 1.29 is 9.69 Å². The maximum atomic E-state index is 11.9. The van der Waals surface area contributed by atoms with Crippen LogP contribution in [-0.4, -0.2) is 49.9 Å². The summed E-state index contributed by atoms with van der Waals surface area (Å²) in [6.45, 7) is 6.12. The van der Waals surface area contributed by atoms with Crippen molar-refractivity contribution in [3.8, 4) is 0 Å². The van der Waals surface area contributed by atoms with Gasteiger partial charge in [0.25, 0.3) is 0 Å². The van der Waals surface area contributed by atoms with Crippen LogP contribution in [0, 0.1) is 6.92 Å². The number of carbonyl (C=O) groups is 1. The molecule has 0 unspecified atom stereocenters. The Morgan fingerprint density at radius 1 is 1.37 bits per heavy atom. The van der Waals surface area contributed by atoms with Gasteiger partial charge in [0.05, 0.1) is 39.0 Å². The summed E-state index contributed by atoms with van der Waals surface area (Å²) >= 11 is 1.60. The minimum atomic E-state index is 0.0906. The predicted octanol–water partition coefficient (Wildman–Crippen LogP) is -0.0514. The zero-order chi connectivity index (χ0) is 13.7. The van der Waals surface area contributed by atoms with Crippen molar-refractivity contribution in [2.75, 3.05) is 39.0 Å². The van der Waals surface area contributed by atoms with Crippen molar-refractivity contribution >= 4 is 17.7 Å². The predicted molar refractivity (Wildman–Crippen MR) is 78.2 cm³/mol. The third-order valence-electron chi connectivity index (χ3n) is 3.35. The summed E-state index contributed by atoms with van der Waals surface area (Å²) in [7, 11) is 2.19. The molecular weight excluding hydrogens is 258 g/mol. The maximum Gasteiger partial charge on any atom is 0.244 e. The summed E-state index contributed by atoms with van der Waals surface area (Å²) in [5.41, 5.74) is 4.21. The van der Waals surface area contributed by atoms with Crippen LogP contribution in [0.3, 0.4) is 0 Å². The summed E-state index contributed by atoms with van der Waals surface area (Å²) in [5.74, 6) is 0.567. The highest BCUT2D eigenvalue weighted by atomic mass is 32.2. The number of amides is 1. The van der Waals surface area contributed by atoms with E-state index in [9.17, 15) is 4.79 Å². The Balaban J connectivity index is 1.74. The fraction of sp³-hybridized carbons (Fsp3) is 0.500. The van der Waals surface area contributed by atoms with Gasteiger partial charge in [-0.2, -0.15) is 0 Å². The summed E-state index contributed by atoms with van der Waals surface area (Å²) in [5, 5.41) is 2.04. The molecule has 1 fully saturated rings. The maximum absolute atomic E-state index is 11.9. The van der Waals surface area contributed by atoms with Gasteiger partial charge in [0, 0.05) is 4.90 Å². The lowest BCUT2D eigenvalue weighted by Crippen LogP contribution is -3.12. The number of benzene rings is 1. The molecule has 19 heavy (non-hydrogen) atoms. The number of aryl methyl sites for hydroxylation is 1. The molecule has 4 nitrogen and oxygen atoms in total. The standard InChI is InChI=1S/C14H21N3OS/c1-12-5-3-4-6-13(12)19-11-14(18)15-17-9-7-16(2)8-10-17/h3-6H,7-11H2,1-2H3,(H,15,18)/p+1. The van der Waals surface area contributed by atoms with Gasteiger partial charge >= 0.3 is 0 Å². The van der Waals surface area contributed by atoms with Gasteiger partial charge in [-0.05, 0) is 18.6 Å². The second-order valence-electron chi connectivity index (χ2n) is 5.03. The molecule has 5 heteroatoms. The lowest BCUT2D eigenvalue weighted by Gasteiger charge is -2.30. The highest BCUT2D eigenvalue weighted by Gasteiger charge is 2.18. The van der Waals surface area contributed by atoms with Crippen LogP contribution in [0.5, 0.6) is 0 Å². The van der Waals surface area contributed by atoms with Crippen molar-refractivity contribution in [1.29, 1.82) is 0 Å². The molecule has 1 saturated heterocycles. The number of nitrogens with zero attached hydrogens (tertiary/aromatic N) is 1. The lowest BCUT2D eigenvalue weighted by molar-refractivity contribution is -0.884. The quantitative estimate of drug-likeness (QED) is 0.759. The van der Waals surface area contributed by atoms with Crippen LogP contribution >= 0.6 is 11.8 Å². The Morgan fingerprint density at radius 2 is 2.05 bits per heavy atom. The Bertz CT molecular complexity index is 430. The molecule has 2 N–H and O–H groups in total. The zero-order valence-electron chi connectivity index (χ0n) is 11.6. The SMILES string of the molecule is Cc1ccccc1SCC(=O)NN1CC[NH+](C)CC1. The Hall–Kier alpha value is -1.04. The van der Waals surface area contributed by atoms with E-state index in [0.29, 0.717) is 5.75 Å². The monoisotopic (exact) mass is 280 g/mol. The van der Waals surface area contributed by atoms with E-state index in [-0.39, 0.29) is 5.91 Å². The molecule has 1 aliphatic rings. The van der Waals surface area contributed by atoms with Gasteiger partial charge in [-0.1, -0.05) is 18.2 Å². The molecule has 0 saturated carbocycles. The normalized spacial score (nSPS) is 17.4. The average Bonchev–Trinajstić information content (AvgIpc) is 2.40. The minimum Gasteiger partial charge on any atom is -0.335 e. The number of nitrogens with one attached hydrogen (secondary N) is 2. The molecule has 1 aliphatic heterocycles. The number of piperazine rings is 1. The minimum absolute atomic E-state index is 0.0906. The number of hydrogen-bond acceptors (Lipinski definition) is 3. The molecule has 0 spiro atoms. The van der Waals surface area contributed by atoms with Gasteiger partial charge in [0.1, 0.15) is 0 Å². The van der Waals surface area contributed by atoms with Crippen LogP contribution in [0.4, 0.5) is 0 Å². The van der Waals surface area contributed by atoms with E-state index < -0.39 is 0 Å². The number of thioether (sulfide) groups is 1. The van der Waals surface area contributed by atoms with Crippen LogP contribution < -0.4 is 10.3 Å². The van der Waals surface area contributed by atoms with Crippen LogP contribution in [0.2, 0.25) is 0 Å². The largest absolute Gasteiger partial charge is 0.335 e. The molecule has 1 heterocycles. The number of hydrazine groups is 1. The highest BCUT2D eigenvalue weighted by molar-refractivity contribution is 8.00. The molecule has 0 aliphatic carbocycles. The van der Waals surface area contributed by atoms with E-state index >= 15 is 0 Å². The Morgan fingerprint density at radius 3 is 2.74 bits per heavy atom. The molecular formula is C14H22N3OS+. The first kappa shape index (κ1) is 14.4. The third-order valence-corrected chi connectivity index (χ3v) is 4.53. The van der Waals surface area contributed by atoms with Gasteiger partial charge in [-0.15, -0.1) is 11.8 Å². The van der Waals surface area contributed by atoms with Gasteiger partial charge < -0.3 is 4.90 Å². The van der Waals surface area contributed by atoms with Crippen LogP contribution in [0.15, 0.2) is 29.2 Å².